The van der Waals surface area contributed by atoms with Crippen molar-refractivity contribution in [1.29, 1.82) is 5.26 Å². The van der Waals surface area contributed by atoms with Crippen LogP contribution in [0.4, 0.5) is 4.39 Å². The van der Waals surface area contributed by atoms with Crippen molar-refractivity contribution in [2.24, 2.45) is 0 Å². The van der Waals surface area contributed by atoms with Crippen LogP contribution in [0.5, 0.6) is 5.75 Å². The van der Waals surface area contributed by atoms with Crippen LogP contribution < -0.4 is 4.74 Å². The van der Waals surface area contributed by atoms with Gasteiger partial charge < -0.3 is 9.84 Å². The van der Waals surface area contributed by atoms with Crippen molar-refractivity contribution in [3.05, 3.63) is 65.0 Å². The normalized spacial score (nSPS) is 11.7. The molecule has 2 aromatic carbocycles. The summed E-state index contributed by atoms with van der Waals surface area (Å²) in [5, 5.41) is 18.2. The van der Waals surface area contributed by atoms with Crippen LogP contribution in [-0.4, -0.2) is 5.11 Å². The summed E-state index contributed by atoms with van der Waals surface area (Å²) in [7, 11) is 0. The Balaban J connectivity index is 2.05. The average Bonchev–Trinajstić information content (AvgIpc) is 2.45. The lowest BCUT2D eigenvalue weighted by Crippen LogP contribution is -1.98. The van der Waals surface area contributed by atoms with Crippen molar-refractivity contribution < 1.29 is 14.2 Å². The van der Waals surface area contributed by atoms with Gasteiger partial charge in [0.25, 0.3) is 0 Å². The maximum absolute atomic E-state index is 13.2. The van der Waals surface area contributed by atoms with Crippen LogP contribution in [0.3, 0.4) is 0 Å². The number of nitriles is 1. The molecule has 0 saturated carbocycles. The SMILES string of the molecule is C[C@@H](O)c1ccc(OCc2cc(F)cc(C#N)c2)cc1. The van der Waals surface area contributed by atoms with Gasteiger partial charge in [-0.1, -0.05) is 12.1 Å². The molecule has 0 heterocycles. The molecular formula is C16H14FNO2. The Morgan fingerprint density at radius 3 is 2.55 bits per heavy atom. The Kier molecular flexibility index (Phi) is 4.34. The lowest BCUT2D eigenvalue weighted by molar-refractivity contribution is 0.199. The minimum absolute atomic E-state index is 0.181. The first-order valence-corrected chi connectivity index (χ1v) is 6.19. The van der Waals surface area contributed by atoms with Crippen molar-refractivity contribution in [2.75, 3.05) is 0 Å². The first-order chi connectivity index (χ1) is 9.58. The fourth-order valence-corrected chi connectivity index (χ4v) is 1.81. The van der Waals surface area contributed by atoms with Crippen LogP contribution >= 0.6 is 0 Å². The summed E-state index contributed by atoms with van der Waals surface area (Å²) < 4.78 is 18.8. The van der Waals surface area contributed by atoms with Gasteiger partial charge in [0, 0.05) is 0 Å². The molecule has 0 aliphatic carbocycles. The maximum atomic E-state index is 13.2. The molecule has 0 fully saturated rings. The quantitative estimate of drug-likeness (QED) is 0.928. The molecule has 0 aliphatic rings. The number of halogens is 1. The average molecular weight is 271 g/mol. The zero-order chi connectivity index (χ0) is 14.5. The van der Waals surface area contributed by atoms with Crippen molar-refractivity contribution in [1.82, 2.24) is 0 Å². The monoisotopic (exact) mass is 271 g/mol. The predicted octanol–water partition coefficient (Wildman–Crippen LogP) is 3.33. The van der Waals surface area contributed by atoms with E-state index in [4.69, 9.17) is 10.00 Å². The summed E-state index contributed by atoms with van der Waals surface area (Å²) in [5.41, 5.74) is 1.67. The molecule has 20 heavy (non-hydrogen) atoms. The number of hydrogen-bond donors (Lipinski definition) is 1. The third kappa shape index (κ3) is 3.56. The maximum Gasteiger partial charge on any atom is 0.124 e. The molecule has 3 nitrogen and oxygen atoms in total. The molecule has 0 saturated heterocycles. The second-order valence-corrected chi connectivity index (χ2v) is 4.49. The van der Waals surface area contributed by atoms with E-state index in [0.717, 1.165) is 5.56 Å². The van der Waals surface area contributed by atoms with E-state index in [9.17, 15) is 9.50 Å². The molecule has 0 spiro atoms. The van der Waals surface area contributed by atoms with Gasteiger partial charge in [-0.15, -0.1) is 0 Å². The fourth-order valence-electron chi connectivity index (χ4n) is 1.81. The molecule has 0 bridgehead atoms. The minimum Gasteiger partial charge on any atom is -0.489 e. The number of ether oxygens (including phenoxy) is 1. The van der Waals surface area contributed by atoms with Gasteiger partial charge >= 0.3 is 0 Å². The molecule has 0 radical (unpaired) electrons. The molecule has 1 atom stereocenters. The fraction of sp³-hybridized carbons (Fsp3) is 0.188. The van der Waals surface area contributed by atoms with Crippen LogP contribution in [0.15, 0.2) is 42.5 Å². The smallest absolute Gasteiger partial charge is 0.124 e. The van der Waals surface area contributed by atoms with E-state index in [1.54, 1.807) is 37.3 Å². The number of nitrogens with zero attached hydrogens (tertiary/aromatic N) is 1. The number of hydrogen-bond acceptors (Lipinski definition) is 3. The summed E-state index contributed by atoms with van der Waals surface area (Å²) >= 11 is 0. The van der Waals surface area contributed by atoms with E-state index >= 15 is 0 Å². The Morgan fingerprint density at radius 1 is 1.25 bits per heavy atom. The zero-order valence-electron chi connectivity index (χ0n) is 11.0. The second-order valence-electron chi connectivity index (χ2n) is 4.49. The minimum atomic E-state index is -0.523. The molecule has 0 unspecified atom stereocenters. The lowest BCUT2D eigenvalue weighted by Gasteiger charge is -2.09. The highest BCUT2D eigenvalue weighted by Gasteiger charge is 2.03. The number of aliphatic hydroxyl groups excluding tert-OH is 1. The Labute approximate surface area is 116 Å². The first-order valence-electron chi connectivity index (χ1n) is 6.19. The zero-order valence-corrected chi connectivity index (χ0v) is 11.0. The highest BCUT2D eigenvalue weighted by molar-refractivity contribution is 5.34. The summed E-state index contributed by atoms with van der Waals surface area (Å²) in [6, 6.07) is 13.0. The van der Waals surface area contributed by atoms with Gasteiger partial charge in [0.15, 0.2) is 0 Å². The molecule has 102 valence electrons. The molecule has 2 rings (SSSR count). The molecule has 4 heteroatoms. The highest BCUT2D eigenvalue weighted by atomic mass is 19.1. The molecule has 0 amide bonds. The van der Waals surface area contributed by atoms with Gasteiger partial charge in [-0.2, -0.15) is 5.26 Å². The Hall–Kier alpha value is -2.38. The van der Waals surface area contributed by atoms with Crippen LogP contribution in [0.1, 0.15) is 29.7 Å². The third-order valence-corrected chi connectivity index (χ3v) is 2.85. The highest BCUT2D eigenvalue weighted by Crippen LogP contribution is 2.18. The van der Waals surface area contributed by atoms with Crippen molar-refractivity contribution >= 4 is 0 Å². The van der Waals surface area contributed by atoms with Crippen LogP contribution in [0.25, 0.3) is 0 Å². The van der Waals surface area contributed by atoms with Gasteiger partial charge in [0.05, 0.1) is 17.7 Å². The van der Waals surface area contributed by atoms with E-state index in [0.29, 0.717) is 11.3 Å². The lowest BCUT2D eigenvalue weighted by atomic mass is 10.1. The van der Waals surface area contributed by atoms with Gasteiger partial charge in [-0.25, -0.2) is 4.39 Å². The predicted molar refractivity (Wildman–Crippen MR) is 72.5 cm³/mol. The standard InChI is InChI=1S/C16H14FNO2/c1-11(19)14-2-4-16(5-3-14)20-10-13-6-12(9-18)7-15(17)8-13/h2-8,11,19H,10H2,1H3/t11-/m1/s1. The summed E-state index contributed by atoms with van der Waals surface area (Å²) in [6.45, 7) is 1.87. The van der Waals surface area contributed by atoms with E-state index in [-0.39, 0.29) is 12.2 Å². The van der Waals surface area contributed by atoms with E-state index < -0.39 is 11.9 Å². The van der Waals surface area contributed by atoms with Gasteiger partial charge in [-0.05, 0) is 48.4 Å². The topological polar surface area (TPSA) is 53.2 Å². The molecule has 0 aromatic heterocycles. The number of aliphatic hydroxyl groups is 1. The van der Waals surface area contributed by atoms with Crippen molar-refractivity contribution in [3.8, 4) is 11.8 Å². The van der Waals surface area contributed by atoms with E-state index in [2.05, 4.69) is 0 Å². The van der Waals surface area contributed by atoms with Crippen LogP contribution in [-0.2, 0) is 6.61 Å². The molecule has 0 aliphatic heterocycles. The Bertz CT molecular complexity index is 630. The van der Waals surface area contributed by atoms with Gasteiger partial charge in [0.1, 0.15) is 18.2 Å². The first kappa shape index (κ1) is 14.0. The van der Waals surface area contributed by atoms with Crippen LogP contribution in [0.2, 0.25) is 0 Å². The van der Waals surface area contributed by atoms with Crippen LogP contribution in [0, 0.1) is 17.1 Å². The summed E-state index contributed by atoms with van der Waals surface area (Å²) in [5.74, 6) is 0.171. The second kappa shape index (κ2) is 6.18. The van der Waals surface area contributed by atoms with Gasteiger partial charge in [0.2, 0.25) is 0 Å². The van der Waals surface area contributed by atoms with Crippen molar-refractivity contribution in [2.45, 2.75) is 19.6 Å². The summed E-state index contributed by atoms with van der Waals surface area (Å²) in [6.07, 6.45) is -0.523. The summed E-state index contributed by atoms with van der Waals surface area (Å²) in [4.78, 5) is 0. The van der Waals surface area contributed by atoms with Gasteiger partial charge in [-0.3, -0.25) is 0 Å². The Morgan fingerprint density at radius 2 is 1.95 bits per heavy atom. The largest absolute Gasteiger partial charge is 0.489 e. The van der Waals surface area contributed by atoms with Crippen molar-refractivity contribution in [3.63, 3.8) is 0 Å². The molecular weight excluding hydrogens is 257 g/mol. The molecule has 1 N–H and O–H groups in total. The van der Waals surface area contributed by atoms with E-state index in [1.165, 1.54) is 12.1 Å². The third-order valence-electron chi connectivity index (χ3n) is 2.85. The number of rotatable bonds is 4. The van der Waals surface area contributed by atoms with E-state index in [1.807, 2.05) is 6.07 Å². The number of benzene rings is 2. The molecule has 2 aromatic rings.